The van der Waals surface area contributed by atoms with Crippen molar-refractivity contribution in [3.63, 3.8) is 0 Å². The molecule has 0 radical (unpaired) electrons. The van der Waals surface area contributed by atoms with Gasteiger partial charge in [-0.1, -0.05) is 110 Å². The molecule has 0 aliphatic rings. The number of aliphatic carboxylic acids is 1. The Morgan fingerprint density at radius 3 is 1.65 bits per heavy atom. The van der Waals surface area contributed by atoms with Crippen molar-refractivity contribution in [1.29, 1.82) is 0 Å². The molecular formula is C26H44O5. The molecule has 178 valence electrons. The van der Waals surface area contributed by atoms with E-state index in [9.17, 15) is 9.59 Å². The summed E-state index contributed by atoms with van der Waals surface area (Å²) in [4.78, 5) is 22.1. The first kappa shape index (κ1) is 27.3. The number of furan rings is 1. The number of hydrogen-bond donors (Lipinski definition) is 1. The van der Waals surface area contributed by atoms with Gasteiger partial charge in [-0.3, -0.25) is 9.59 Å². The van der Waals surface area contributed by atoms with E-state index in [1.165, 1.54) is 102 Å². The molecule has 1 heterocycles. The van der Waals surface area contributed by atoms with Gasteiger partial charge in [-0.05, 0) is 12.5 Å². The topological polar surface area (TPSA) is 76.7 Å². The predicted molar refractivity (Wildman–Crippen MR) is 125 cm³/mol. The molecule has 0 aliphatic carbocycles. The van der Waals surface area contributed by atoms with E-state index < -0.39 is 18.2 Å². The number of Topliss-reactive ketones (excluding diaryl/α,β-unsaturated/α-hetero) is 1. The zero-order chi connectivity index (χ0) is 22.6. The molecule has 0 amide bonds. The van der Waals surface area contributed by atoms with Gasteiger partial charge in [0.2, 0.25) is 5.78 Å². The van der Waals surface area contributed by atoms with Gasteiger partial charge in [0.1, 0.15) is 6.42 Å². The molecule has 5 heteroatoms. The average Bonchev–Trinajstić information content (AvgIpc) is 3.21. The van der Waals surface area contributed by atoms with Crippen LogP contribution < -0.4 is 4.74 Å². The molecule has 1 aromatic heterocycles. The second kappa shape index (κ2) is 18.9. The zero-order valence-electron chi connectivity index (χ0n) is 19.7. The second-order valence-corrected chi connectivity index (χ2v) is 8.62. The number of ketones is 1. The van der Waals surface area contributed by atoms with Crippen LogP contribution in [-0.2, 0) is 4.79 Å². The lowest BCUT2D eigenvalue weighted by molar-refractivity contribution is -0.135. The van der Waals surface area contributed by atoms with E-state index in [2.05, 4.69) is 6.92 Å². The Morgan fingerprint density at radius 1 is 0.742 bits per heavy atom. The summed E-state index contributed by atoms with van der Waals surface area (Å²) >= 11 is 0. The first-order valence-electron chi connectivity index (χ1n) is 12.6. The summed E-state index contributed by atoms with van der Waals surface area (Å²) in [6.07, 6.45) is 22.2. The fourth-order valence-electron chi connectivity index (χ4n) is 3.77. The standard InChI is InChI=1S/C26H44O5/c1-2-3-4-5-6-7-8-9-10-11-12-13-14-15-16-17-18-21-30-26-20-19-24(31-26)23(27)22-25(28)29/h19-20H,2-18,21-22H2,1H3,(H,28,29). The minimum absolute atomic E-state index is 0.0415. The number of carbonyl (C=O) groups excluding carboxylic acids is 1. The lowest BCUT2D eigenvalue weighted by Crippen LogP contribution is -2.05. The third kappa shape index (κ3) is 15.6. The van der Waals surface area contributed by atoms with Crippen molar-refractivity contribution < 1.29 is 23.8 Å². The van der Waals surface area contributed by atoms with Gasteiger partial charge in [0, 0.05) is 6.07 Å². The molecule has 0 fully saturated rings. The van der Waals surface area contributed by atoms with Crippen molar-refractivity contribution in [2.45, 2.75) is 122 Å². The summed E-state index contributed by atoms with van der Waals surface area (Å²) in [5, 5.41) is 8.63. The number of carboxylic acid groups (broad SMARTS) is 1. The highest BCUT2D eigenvalue weighted by Gasteiger charge is 2.15. The molecule has 1 aromatic rings. The molecule has 0 aliphatic heterocycles. The van der Waals surface area contributed by atoms with Crippen LogP contribution in [-0.4, -0.2) is 23.5 Å². The van der Waals surface area contributed by atoms with Crippen LogP contribution in [0.25, 0.3) is 0 Å². The summed E-state index contributed by atoms with van der Waals surface area (Å²) in [6, 6.07) is 3.04. The van der Waals surface area contributed by atoms with Crippen molar-refractivity contribution in [3.05, 3.63) is 17.9 Å². The second-order valence-electron chi connectivity index (χ2n) is 8.62. The Morgan fingerprint density at radius 2 is 1.19 bits per heavy atom. The SMILES string of the molecule is CCCCCCCCCCCCCCCCCCCOc1ccc(C(=O)CC(=O)O)o1. The maximum Gasteiger partial charge on any atom is 0.311 e. The van der Waals surface area contributed by atoms with Crippen LogP contribution in [0.1, 0.15) is 133 Å². The third-order valence-corrected chi connectivity index (χ3v) is 5.66. The number of carbonyl (C=O) groups is 2. The van der Waals surface area contributed by atoms with E-state index in [1.54, 1.807) is 6.07 Å². The van der Waals surface area contributed by atoms with E-state index in [1.807, 2.05) is 0 Å². The normalized spacial score (nSPS) is 11.0. The number of carboxylic acids is 1. The zero-order valence-corrected chi connectivity index (χ0v) is 19.7. The molecule has 0 unspecified atom stereocenters. The Labute approximate surface area is 188 Å². The third-order valence-electron chi connectivity index (χ3n) is 5.66. The molecule has 1 N–H and O–H groups in total. The van der Waals surface area contributed by atoms with Gasteiger partial charge in [0.25, 0.3) is 5.95 Å². The van der Waals surface area contributed by atoms with Gasteiger partial charge < -0.3 is 14.3 Å². The van der Waals surface area contributed by atoms with Crippen LogP contribution in [0.3, 0.4) is 0 Å². The van der Waals surface area contributed by atoms with E-state index in [0.717, 1.165) is 12.8 Å². The molecule has 0 saturated carbocycles. The van der Waals surface area contributed by atoms with Crippen LogP contribution in [0.2, 0.25) is 0 Å². The molecule has 1 rings (SSSR count). The summed E-state index contributed by atoms with van der Waals surface area (Å²) in [5.74, 6) is -1.38. The average molecular weight is 437 g/mol. The molecule has 0 atom stereocenters. The maximum absolute atomic E-state index is 11.6. The van der Waals surface area contributed by atoms with E-state index in [-0.39, 0.29) is 11.7 Å². The number of unbranched alkanes of at least 4 members (excludes halogenated alkanes) is 16. The van der Waals surface area contributed by atoms with Gasteiger partial charge >= 0.3 is 5.97 Å². The van der Waals surface area contributed by atoms with Gasteiger partial charge in [0.15, 0.2) is 5.76 Å². The minimum Gasteiger partial charge on any atom is -0.481 e. The first-order chi connectivity index (χ1) is 15.1. The van der Waals surface area contributed by atoms with Gasteiger partial charge in [-0.25, -0.2) is 0 Å². The molecule has 31 heavy (non-hydrogen) atoms. The van der Waals surface area contributed by atoms with Crippen LogP contribution >= 0.6 is 0 Å². The van der Waals surface area contributed by atoms with Crippen LogP contribution in [0, 0.1) is 0 Å². The Hall–Kier alpha value is -1.78. The van der Waals surface area contributed by atoms with Gasteiger partial charge in [0.05, 0.1) is 6.61 Å². The first-order valence-corrected chi connectivity index (χ1v) is 12.6. The van der Waals surface area contributed by atoms with Crippen molar-refractivity contribution in [3.8, 4) is 5.95 Å². The monoisotopic (exact) mass is 436 g/mol. The van der Waals surface area contributed by atoms with Gasteiger partial charge in [-0.2, -0.15) is 0 Å². The van der Waals surface area contributed by atoms with E-state index in [0.29, 0.717) is 6.61 Å². The Balaban J connectivity index is 1.82. The lowest BCUT2D eigenvalue weighted by atomic mass is 10.0. The highest BCUT2D eigenvalue weighted by molar-refractivity contribution is 6.03. The van der Waals surface area contributed by atoms with Crippen LogP contribution in [0.4, 0.5) is 0 Å². The number of hydrogen-bond acceptors (Lipinski definition) is 4. The quantitative estimate of drug-likeness (QED) is 0.113. The fourth-order valence-corrected chi connectivity index (χ4v) is 3.77. The smallest absolute Gasteiger partial charge is 0.311 e. The summed E-state index contributed by atoms with van der Waals surface area (Å²) in [7, 11) is 0. The Kier molecular flexibility index (Phi) is 16.7. The summed E-state index contributed by atoms with van der Waals surface area (Å²) in [5.41, 5.74) is 0. The van der Waals surface area contributed by atoms with Crippen LogP contribution in [0.15, 0.2) is 16.5 Å². The summed E-state index contributed by atoms with van der Waals surface area (Å²) in [6.45, 7) is 2.83. The highest BCUT2D eigenvalue weighted by Crippen LogP contribution is 2.18. The molecule has 0 bridgehead atoms. The van der Waals surface area contributed by atoms with E-state index >= 15 is 0 Å². The molecule has 0 saturated heterocycles. The molecule has 0 spiro atoms. The van der Waals surface area contributed by atoms with Crippen LogP contribution in [0.5, 0.6) is 5.95 Å². The molecule has 5 nitrogen and oxygen atoms in total. The van der Waals surface area contributed by atoms with Crippen molar-refractivity contribution in [1.82, 2.24) is 0 Å². The summed E-state index contributed by atoms with van der Waals surface area (Å²) < 4.78 is 10.7. The molecular weight excluding hydrogens is 392 g/mol. The minimum atomic E-state index is -1.16. The lowest BCUT2D eigenvalue weighted by Gasteiger charge is -2.04. The fraction of sp³-hybridized carbons (Fsp3) is 0.769. The van der Waals surface area contributed by atoms with Gasteiger partial charge in [-0.15, -0.1) is 0 Å². The Bertz CT molecular complexity index is 578. The van der Waals surface area contributed by atoms with Crippen molar-refractivity contribution in [2.24, 2.45) is 0 Å². The highest BCUT2D eigenvalue weighted by atomic mass is 16.6. The number of rotatable bonds is 22. The number of ether oxygens (including phenoxy) is 1. The molecule has 0 aromatic carbocycles. The maximum atomic E-state index is 11.6. The predicted octanol–water partition coefficient (Wildman–Crippen LogP) is 7.97. The van der Waals surface area contributed by atoms with Crippen molar-refractivity contribution in [2.75, 3.05) is 6.61 Å². The largest absolute Gasteiger partial charge is 0.481 e. The van der Waals surface area contributed by atoms with E-state index in [4.69, 9.17) is 14.3 Å². The van der Waals surface area contributed by atoms with Crippen molar-refractivity contribution >= 4 is 11.8 Å².